The van der Waals surface area contributed by atoms with Crippen molar-refractivity contribution in [1.82, 2.24) is 4.90 Å². The quantitative estimate of drug-likeness (QED) is 0.699. The molecule has 0 aromatic carbocycles. The van der Waals surface area contributed by atoms with Crippen molar-refractivity contribution in [1.29, 1.82) is 0 Å². The summed E-state index contributed by atoms with van der Waals surface area (Å²) in [5, 5.41) is 0. The minimum absolute atomic E-state index is 0.300. The summed E-state index contributed by atoms with van der Waals surface area (Å²) in [5.41, 5.74) is 0. The predicted octanol–water partition coefficient (Wildman–Crippen LogP) is 2.97. The minimum atomic E-state index is 0.300. The molecule has 86 valence electrons. The lowest BCUT2D eigenvalue weighted by molar-refractivity contribution is -0.133. The van der Waals surface area contributed by atoms with Crippen LogP contribution >= 0.6 is 0 Å². The molecule has 0 heterocycles. The number of amides is 1. The van der Waals surface area contributed by atoms with Gasteiger partial charge in [-0.05, 0) is 31.6 Å². The summed E-state index contributed by atoms with van der Waals surface area (Å²) >= 11 is 0. The molecule has 0 unspecified atom stereocenters. The molecule has 0 bridgehead atoms. The van der Waals surface area contributed by atoms with Gasteiger partial charge in [0.25, 0.3) is 0 Å². The van der Waals surface area contributed by atoms with Crippen LogP contribution in [0, 0.1) is 5.92 Å². The van der Waals surface area contributed by atoms with Gasteiger partial charge in [-0.2, -0.15) is 0 Å². The van der Waals surface area contributed by atoms with E-state index in [1.54, 1.807) is 6.92 Å². The van der Waals surface area contributed by atoms with E-state index in [1.165, 1.54) is 51.4 Å². The smallest absolute Gasteiger partial charge is 0.219 e. The maximum atomic E-state index is 11.6. The van der Waals surface area contributed by atoms with E-state index >= 15 is 0 Å². The highest BCUT2D eigenvalue weighted by Crippen LogP contribution is 2.30. The van der Waals surface area contributed by atoms with Crippen LogP contribution in [-0.4, -0.2) is 23.4 Å². The third kappa shape index (κ3) is 2.73. The Morgan fingerprint density at radius 3 is 2.20 bits per heavy atom. The molecule has 0 radical (unpaired) electrons. The first-order valence-electron chi connectivity index (χ1n) is 6.54. The van der Waals surface area contributed by atoms with E-state index in [-0.39, 0.29) is 0 Å². The van der Waals surface area contributed by atoms with Gasteiger partial charge >= 0.3 is 0 Å². The molecule has 15 heavy (non-hydrogen) atoms. The molecule has 0 atom stereocenters. The zero-order chi connectivity index (χ0) is 10.7. The minimum Gasteiger partial charge on any atom is -0.340 e. The Kier molecular flexibility index (Phi) is 3.66. The van der Waals surface area contributed by atoms with Crippen molar-refractivity contribution in [2.24, 2.45) is 5.92 Å². The fourth-order valence-corrected chi connectivity index (χ4v) is 2.88. The van der Waals surface area contributed by atoms with E-state index in [4.69, 9.17) is 0 Å². The van der Waals surface area contributed by atoms with Gasteiger partial charge in [-0.1, -0.05) is 25.7 Å². The standard InChI is InChI=1S/C13H23NO/c1-11(15)14(10-12-6-5-7-12)13-8-3-2-4-9-13/h12-13H,2-10H2,1H3. The molecular formula is C13H23NO. The van der Waals surface area contributed by atoms with Gasteiger partial charge in [0.15, 0.2) is 0 Å². The summed E-state index contributed by atoms with van der Waals surface area (Å²) in [6.07, 6.45) is 10.6. The van der Waals surface area contributed by atoms with E-state index < -0.39 is 0 Å². The first kappa shape index (κ1) is 11.0. The maximum Gasteiger partial charge on any atom is 0.219 e. The predicted molar refractivity (Wildman–Crippen MR) is 61.6 cm³/mol. The molecular weight excluding hydrogens is 186 g/mol. The monoisotopic (exact) mass is 209 g/mol. The SMILES string of the molecule is CC(=O)N(CC1CCC1)C1CCCCC1. The van der Waals surface area contributed by atoms with E-state index in [9.17, 15) is 4.79 Å². The van der Waals surface area contributed by atoms with Crippen LogP contribution in [0.4, 0.5) is 0 Å². The Morgan fingerprint density at radius 2 is 1.73 bits per heavy atom. The lowest BCUT2D eigenvalue weighted by Crippen LogP contribution is -2.44. The average molecular weight is 209 g/mol. The van der Waals surface area contributed by atoms with Gasteiger partial charge in [-0.25, -0.2) is 0 Å². The maximum absolute atomic E-state index is 11.6. The molecule has 0 aromatic rings. The van der Waals surface area contributed by atoms with Crippen molar-refractivity contribution in [2.45, 2.75) is 64.3 Å². The van der Waals surface area contributed by atoms with Crippen LogP contribution in [0.15, 0.2) is 0 Å². The van der Waals surface area contributed by atoms with Crippen molar-refractivity contribution >= 4 is 5.91 Å². The van der Waals surface area contributed by atoms with Crippen LogP contribution in [0.25, 0.3) is 0 Å². The van der Waals surface area contributed by atoms with Crippen molar-refractivity contribution in [2.75, 3.05) is 6.54 Å². The van der Waals surface area contributed by atoms with E-state index in [2.05, 4.69) is 4.90 Å². The number of hydrogen-bond donors (Lipinski definition) is 0. The van der Waals surface area contributed by atoms with Crippen molar-refractivity contribution in [3.63, 3.8) is 0 Å². The molecule has 1 amide bonds. The van der Waals surface area contributed by atoms with Gasteiger partial charge in [0.05, 0.1) is 0 Å². The molecule has 2 aliphatic rings. The largest absolute Gasteiger partial charge is 0.340 e. The van der Waals surface area contributed by atoms with Gasteiger partial charge < -0.3 is 4.90 Å². The van der Waals surface area contributed by atoms with Gasteiger partial charge in [-0.15, -0.1) is 0 Å². The zero-order valence-corrected chi connectivity index (χ0v) is 9.87. The zero-order valence-electron chi connectivity index (χ0n) is 9.87. The fourth-order valence-electron chi connectivity index (χ4n) is 2.88. The second-order valence-electron chi connectivity index (χ2n) is 5.26. The van der Waals surface area contributed by atoms with E-state index in [0.717, 1.165) is 12.5 Å². The lowest BCUT2D eigenvalue weighted by atomic mass is 9.84. The van der Waals surface area contributed by atoms with Crippen LogP contribution < -0.4 is 0 Å². The van der Waals surface area contributed by atoms with E-state index in [0.29, 0.717) is 11.9 Å². The first-order chi connectivity index (χ1) is 7.27. The molecule has 2 saturated carbocycles. The number of rotatable bonds is 3. The molecule has 0 saturated heterocycles. The summed E-state index contributed by atoms with van der Waals surface area (Å²) in [5.74, 6) is 1.12. The Hall–Kier alpha value is -0.530. The average Bonchev–Trinajstić information content (AvgIpc) is 2.17. The molecule has 2 rings (SSSR count). The molecule has 2 heteroatoms. The molecule has 2 nitrogen and oxygen atoms in total. The van der Waals surface area contributed by atoms with Crippen molar-refractivity contribution in [3.05, 3.63) is 0 Å². The molecule has 2 fully saturated rings. The molecule has 0 spiro atoms. The van der Waals surface area contributed by atoms with E-state index in [1.807, 2.05) is 0 Å². The van der Waals surface area contributed by atoms with Gasteiger partial charge in [0.1, 0.15) is 0 Å². The molecule has 0 aromatic heterocycles. The second kappa shape index (κ2) is 5.00. The Balaban J connectivity index is 1.88. The third-order valence-corrected chi connectivity index (χ3v) is 4.10. The highest BCUT2D eigenvalue weighted by atomic mass is 16.2. The van der Waals surface area contributed by atoms with Crippen molar-refractivity contribution in [3.8, 4) is 0 Å². The summed E-state index contributed by atoms with van der Waals surface area (Å²) in [7, 11) is 0. The molecule has 0 N–H and O–H groups in total. The van der Waals surface area contributed by atoms with Crippen LogP contribution in [-0.2, 0) is 4.79 Å². The summed E-state index contributed by atoms with van der Waals surface area (Å²) in [4.78, 5) is 13.8. The highest BCUT2D eigenvalue weighted by molar-refractivity contribution is 5.73. The van der Waals surface area contributed by atoms with Crippen LogP contribution in [0.1, 0.15) is 58.3 Å². The number of nitrogens with zero attached hydrogens (tertiary/aromatic N) is 1. The van der Waals surface area contributed by atoms with Gasteiger partial charge in [0, 0.05) is 19.5 Å². The third-order valence-electron chi connectivity index (χ3n) is 4.10. The molecule has 0 aliphatic heterocycles. The second-order valence-corrected chi connectivity index (χ2v) is 5.26. The summed E-state index contributed by atoms with van der Waals surface area (Å²) in [6, 6.07) is 0.567. The Labute approximate surface area is 93.0 Å². The van der Waals surface area contributed by atoms with Crippen LogP contribution in [0.3, 0.4) is 0 Å². The number of carbonyl (C=O) groups excluding carboxylic acids is 1. The summed E-state index contributed by atoms with van der Waals surface area (Å²) < 4.78 is 0. The topological polar surface area (TPSA) is 20.3 Å². The number of hydrogen-bond acceptors (Lipinski definition) is 1. The van der Waals surface area contributed by atoms with Gasteiger partial charge in [-0.3, -0.25) is 4.79 Å². The highest BCUT2D eigenvalue weighted by Gasteiger charge is 2.27. The van der Waals surface area contributed by atoms with Gasteiger partial charge in [0.2, 0.25) is 5.91 Å². The normalized spacial score (nSPS) is 23.5. The van der Waals surface area contributed by atoms with Crippen LogP contribution in [0.2, 0.25) is 0 Å². The number of carbonyl (C=O) groups is 1. The first-order valence-corrected chi connectivity index (χ1v) is 6.54. The van der Waals surface area contributed by atoms with Crippen molar-refractivity contribution < 1.29 is 4.79 Å². The Morgan fingerprint density at radius 1 is 1.07 bits per heavy atom. The summed E-state index contributed by atoms with van der Waals surface area (Å²) in [6.45, 7) is 2.78. The fraction of sp³-hybridized carbons (Fsp3) is 0.923. The molecule has 2 aliphatic carbocycles. The van der Waals surface area contributed by atoms with Crippen LogP contribution in [0.5, 0.6) is 0 Å². The Bertz CT molecular complexity index is 217. The lowest BCUT2D eigenvalue weighted by Gasteiger charge is -2.38.